The molecule has 0 amide bonds. The highest BCUT2D eigenvalue weighted by atomic mass is 32.3. The summed E-state index contributed by atoms with van der Waals surface area (Å²) >= 11 is 0. The van der Waals surface area contributed by atoms with Crippen LogP contribution in [0.15, 0.2) is 24.3 Å². The Labute approximate surface area is 210 Å². The maximum atomic E-state index is 14.1. The van der Waals surface area contributed by atoms with Crippen molar-refractivity contribution >= 4 is 35.9 Å². The summed E-state index contributed by atoms with van der Waals surface area (Å²) in [4.78, 5) is 12.2. The monoisotopic (exact) mass is 631 g/mol. The van der Waals surface area contributed by atoms with Gasteiger partial charge in [-0.3, -0.25) is 4.79 Å². The molecule has 0 heterocycles. The molecule has 0 unspecified atom stereocenters. The number of sulfonamides is 2. The molecule has 0 fully saturated rings. The highest BCUT2D eigenvalue weighted by molar-refractivity contribution is 8.05. The average molecular weight is 632 g/mol. The van der Waals surface area contributed by atoms with E-state index in [4.69, 9.17) is 0 Å². The molecule has 1 aromatic rings. The molecule has 220 valence electrons. The van der Waals surface area contributed by atoms with Gasteiger partial charge in [0.1, 0.15) is 11.5 Å². The molecular formula is C17H18F9NO8S3. The van der Waals surface area contributed by atoms with Crippen LogP contribution in [0, 0.1) is 5.41 Å². The highest BCUT2D eigenvalue weighted by Gasteiger charge is 2.83. The van der Waals surface area contributed by atoms with Gasteiger partial charge in [0, 0.05) is 11.8 Å². The van der Waals surface area contributed by atoms with E-state index in [0.29, 0.717) is 18.6 Å². The Bertz CT molecular complexity index is 1370. The van der Waals surface area contributed by atoms with Crippen LogP contribution in [0.1, 0.15) is 32.8 Å². The second-order valence-electron chi connectivity index (χ2n) is 8.16. The van der Waals surface area contributed by atoms with Gasteiger partial charge in [-0.1, -0.05) is 37.0 Å². The summed E-state index contributed by atoms with van der Waals surface area (Å²) in [6, 6.07) is 2.96. The fraction of sp³-hybridized carbons (Fsp3) is 0.588. The van der Waals surface area contributed by atoms with E-state index >= 15 is 0 Å². The lowest BCUT2D eigenvalue weighted by Gasteiger charge is -2.31. The van der Waals surface area contributed by atoms with Crippen LogP contribution in [0.4, 0.5) is 39.5 Å². The van der Waals surface area contributed by atoms with Gasteiger partial charge in [0.25, 0.3) is 10.0 Å². The molecule has 1 N–H and O–H groups in total. The smallest absolute Gasteiger partial charge is 0.378 e. The predicted octanol–water partition coefficient (Wildman–Crippen LogP) is 3.53. The van der Waals surface area contributed by atoms with Gasteiger partial charge >= 0.3 is 42.1 Å². The molecular weight excluding hydrogens is 613 g/mol. The van der Waals surface area contributed by atoms with Gasteiger partial charge in [-0.15, -0.1) is 0 Å². The van der Waals surface area contributed by atoms with Crippen molar-refractivity contribution in [1.82, 2.24) is 4.13 Å². The third-order valence-electron chi connectivity index (χ3n) is 5.04. The molecule has 0 saturated heterocycles. The Balaban J connectivity index is 3.33. The van der Waals surface area contributed by atoms with Crippen LogP contribution >= 0.6 is 0 Å². The largest absolute Gasteiger partial charge is 0.512 e. The van der Waals surface area contributed by atoms with E-state index in [1.807, 2.05) is 0 Å². The van der Waals surface area contributed by atoms with Gasteiger partial charge in [0.2, 0.25) is 0 Å². The lowest BCUT2D eigenvalue weighted by atomic mass is 9.82. The molecule has 0 aliphatic heterocycles. The summed E-state index contributed by atoms with van der Waals surface area (Å²) in [7, 11) is -22.5. The first kappa shape index (κ1) is 33.9. The molecule has 0 aliphatic carbocycles. The third kappa shape index (κ3) is 6.19. The Hall–Kier alpha value is -2.13. The van der Waals surface area contributed by atoms with Gasteiger partial charge in [-0.25, -0.2) is 16.8 Å². The highest BCUT2D eigenvalue weighted by Crippen LogP contribution is 2.51. The number of alkyl halides is 9. The van der Waals surface area contributed by atoms with Crippen molar-refractivity contribution in [2.24, 2.45) is 5.41 Å². The number of benzene rings is 1. The Kier molecular flexibility index (Phi) is 9.03. The van der Waals surface area contributed by atoms with E-state index in [2.05, 4.69) is 4.18 Å². The standard InChI is InChI=1S/C17H18F9NO8S3/c1-4-13(2,3)12(28)9-10-5-7-11(8-6-10)35-38(33,34)16(22,23)14(18,19)15(20,21)36(29,30)27-37(31,32)17(24,25)26/h5-8,27H,4,9H2,1-3H3. The molecule has 1 aromatic carbocycles. The fourth-order valence-corrected chi connectivity index (χ4v) is 5.60. The minimum absolute atomic E-state index is 0.160. The van der Waals surface area contributed by atoms with Crippen molar-refractivity contribution in [3.63, 3.8) is 0 Å². The number of hydrogen-bond acceptors (Lipinski definition) is 8. The maximum Gasteiger partial charge on any atom is 0.512 e. The van der Waals surface area contributed by atoms with Crippen LogP contribution < -0.4 is 8.31 Å². The number of halogens is 9. The SMILES string of the molecule is CCC(C)(C)C(=O)Cc1ccc(OS(=O)(=O)C(F)(F)C(F)(F)C(F)(F)S(=O)(=O)NS(=O)(=O)C(F)(F)F)cc1. The van der Waals surface area contributed by atoms with Crippen molar-refractivity contribution in [1.29, 1.82) is 0 Å². The number of ketones is 1. The van der Waals surface area contributed by atoms with E-state index in [1.165, 1.54) is 0 Å². The zero-order valence-electron chi connectivity index (χ0n) is 19.1. The molecule has 0 aromatic heterocycles. The maximum absolute atomic E-state index is 14.1. The van der Waals surface area contributed by atoms with Crippen molar-refractivity contribution in [2.45, 2.75) is 55.6 Å². The molecule has 9 nitrogen and oxygen atoms in total. The Morgan fingerprint density at radius 1 is 0.789 bits per heavy atom. The van der Waals surface area contributed by atoms with E-state index in [9.17, 15) is 69.6 Å². The topological polar surface area (TPSA) is 141 Å². The number of rotatable bonds is 12. The fourth-order valence-electron chi connectivity index (χ4n) is 2.20. The van der Waals surface area contributed by atoms with Crippen molar-refractivity contribution in [3.05, 3.63) is 29.8 Å². The molecule has 0 atom stereocenters. The second-order valence-corrected chi connectivity index (χ2v) is 13.4. The van der Waals surface area contributed by atoms with E-state index in [0.717, 1.165) is 12.1 Å². The number of carbonyl (C=O) groups excluding carboxylic acids is 1. The summed E-state index contributed by atoms with van der Waals surface area (Å²) in [5, 5.41) is -14.6. The summed E-state index contributed by atoms with van der Waals surface area (Å²) in [5.74, 6) is -9.10. The first-order chi connectivity index (χ1) is 16.6. The zero-order chi connectivity index (χ0) is 30.4. The van der Waals surface area contributed by atoms with E-state index < -0.39 is 67.4 Å². The number of carbonyl (C=O) groups is 1. The minimum atomic E-state index is -7.88. The van der Waals surface area contributed by atoms with E-state index in [1.54, 1.807) is 20.8 Å². The van der Waals surface area contributed by atoms with Gasteiger partial charge in [-0.2, -0.15) is 47.9 Å². The third-order valence-corrected chi connectivity index (χ3v) is 9.63. The van der Waals surface area contributed by atoms with Gasteiger partial charge in [0.05, 0.1) is 0 Å². The normalized spacial score (nSPS) is 14.8. The quantitative estimate of drug-likeness (QED) is 0.273. The van der Waals surface area contributed by atoms with Gasteiger partial charge in [-0.05, 0) is 24.1 Å². The first-order valence-electron chi connectivity index (χ1n) is 9.64. The van der Waals surface area contributed by atoms with Gasteiger partial charge < -0.3 is 4.18 Å². The number of Topliss-reactive ketones (excluding diaryl/α,β-unsaturated/α-hetero) is 1. The summed E-state index contributed by atoms with van der Waals surface area (Å²) in [6.45, 7) is 4.91. The molecule has 1 rings (SSSR count). The lowest BCUT2D eigenvalue weighted by molar-refractivity contribution is -0.245. The number of nitrogens with one attached hydrogen (secondary N) is 1. The van der Waals surface area contributed by atoms with Crippen LogP contribution in [0.2, 0.25) is 0 Å². The second kappa shape index (κ2) is 10.1. The summed E-state index contributed by atoms with van der Waals surface area (Å²) in [5.41, 5.74) is -7.30. The Morgan fingerprint density at radius 3 is 1.63 bits per heavy atom. The van der Waals surface area contributed by atoms with Crippen molar-refractivity contribution in [3.8, 4) is 5.75 Å². The van der Waals surface area contributed by atoms with Crippen LogP contribution in [0.25, 0.3) is 0 Å². The molecule has 0 spiro atoms. The summed E-state index contributed by atoms with van der Waals surface area (Å²) < 4.78 is 191. The lowest BCUT2D eigenvalue weighted by Crippen LogP contribution is -2.64. The molecule has 21 heteroatoms. The molecule has 0 aliphatic rings. The average Bonchev–Trinajstić information content (AvgIpc) is 2.72. The first-order valence-corrected chi connectivity index (χ1v) is 14.0. The zero-order valence-corrected chi connectivity index (χ0v) is 21.6. The Morgan fingerprint density at radius 2 is 1.24 bits per heavy atom. The van der Waals surface area contributed by atoms with Crippen LogP contribution in [0.3, 0.4) is 0 Å². The molecule has 0 bridgehead atoms. The van der Waals surface area contributed by atoms with Crippen LogP contribution in [0.5, 0.6) is 5.75 Å². The predicted molar refractivity (Wildman–Crippen MR) is 111 cm³/mol. The van der Waals surface area contributed by atoms with Gasteiger partial charge in [0.15, 0.2) is 0 Å². The number of hydrogen-bond donors (Lipinski definition) is 1. The molecule has 0 radical (unpaired) electrons. The van der Waals surface area contributed by atoms with Crippen LogP contribution in [-0.4, -0.2) is 53.0 Å². The summed E-state index contributed by atoms with van der Waals surface area (Å²) in [6.07, 6.45) is 0.173. The molecule has 38 heavy (non-hydrogen) atoms. The minimum Gasteiger partial charge on any atom is -0.378 e. The molecule has 0 saturated carbocycles. The van der Waals surface area contributed by atoms with Crippen molar-refractivity contribution in [2.75, 3.05) is 0 Å². The van der Waals surface area contributed by atoms with Crippen LogP contribution in [-0.2, 0) is 41.4 Å². The van der Waals surface area contributed by atoms with Crippen molar-refractivity contribution < 1.29 is 73.7 Å². The van der Waals surface area contributed by atoms with E-state index in [-0.39, 0.29) is 17.8 Å².